The molecular weight excluding hydrogens is 328 g/mol. The summed E-state index contributed by atoms with van der Waals surface area (Å²) >= 11 is 5.88. The van der Waals surface area contributed by atoms with E-state index in [1.54, 1.807) is 25.1 Å². The molecule has 1 amide bonds. The van der Waals surface area contributed by atoms with Crippen molar-refractivity contribution in [1.29, 1.82) is 0 Å². The lowest BCUT2D eigenvalue weighted by atomic mass is 10.3. The van der Waals surface area contributed by atoms with Crippen molar-refractivity contribution in [2.24, 2.45) is 0 Å². The normalized spacial score (nSPS) is 11.2. The summed E-state index contributed by atoms with van der Waals surface area (Å²) in [6.45, 7) is 3.24. The Hall–Kier alpha value is -2.06. The lowest BCUT2D eigenvalue weighted by Crippen LogP contribution is -2.18. The molecule has 0 unspecified atom stereocenters. The van der Waals surface area contributed by atoms with Gasteiger partial charge in [-0.2, -0.15) is 0 Å². The molecule has 0 fully saturated rings. The van der Waals surface area contributed by atoms with Crippen LogP contribution in [-0.4, -0.2) is 35.0 Å². The first-order valence-electron chi connectivity index (χ1n) is 6.34. The van der Waals surface area contributed by atoms with Crippen LogP contribution in [0, 0.1) is 6.92 Å². The SMILES string of the molecule is CCS(=O)(=O)c1ncc(Cl)c(C(=O)Nc2cccc(C)n2)n1. The summed E-state index contributed by atoms with van der Waals surface area (Å²) in [5.74, 6) is -0.507. The van der Waals surface area contributed by atoms with Crippen LogP contribution < -0.4 is 5.32 Å². The minimum Gasteiger partial charge on any atom is -0.305 e. The molecule has 0 spiro atoms. The number of carbonyl (C=O) groups excluding carboxylic acids is 1. The van der Waals surface area contributed by atoms with E-state index in [9.17, 15) is 13.2 Å². The lowest BCUT2D eigenvalue weighted by molar-refractivity contribution is 0.102. The summed E-state index contributed by atoms with van der Waals surface area (Å²) in [6.07, 6.45) is 1.09. The van der Waals surface area contributed by atoms with E-state index < -0.39 is 20.9 Å². The van der Waals surface area contributed by atoms with Crippen molar-refractivity contribution in [3.63, 3.8) is 0 Å². The monoisotopic (exact) mass is 340 g/mol. The molecule has 0 atom stereocenters. The Kier molecular flexibility index (Phi) is 4.72. The standard InChI is InChI=1S/C13H13ClN4O3S/c1-3-22(20,21)13-15-7-9(14)11(18-13)12(19)17-10-6-4-5-8(2)16-10/h4-7H,3H2,1-2H3,(H,16,17,19). The molecular formula is C13H13ClN4O3S. The number of halogens is 1. The third-order valence-corrected chi connectivity index (χ3v) is 4.51. The number of nitrogens with zero attached hydrogens (tertiary/aromatic N) is 3. The summed E-state index contributed by atoms with van der Waals surface area (Å²) in [5, 5.41) is 2.05. The van der Waals surface area contributed by atoms with Gasteiger partial charge in [-0.3, -0.25) is 4.79 Å². The Morgan fingerprint density at radius 3 is 2.68 bits per heavy atom. The predicted octanol–water partition coefficient (Wildman–Crippen LogP) is 1.88. The Morgan fingerprint density at radius 1 is 1.32 bits per heavy atom. The fraction of sp³-hybridized carbons (Fsp3) is 0.231. The molecule has 0 saturated heterocycles. The highest BCUT2D eigenvalue weighted by atomic mass is 35.5. The van der Waals surface area contributed by atoms with Gasteiger partial charge in [0, 0.05) is 5.69 Å². The van der Waals surface area contributed by atoms with Crippen molar-refractivity contribution < 1.29 is 13.2 Å². The fourth-order valence-corrected chi connectivity index (χ4v) is 2.46. The minimum absolute atomic E-state index is 0.0415. The average Bonchev–Trinajstić information content (AvgIpc) is 2.47. The third kappa shape index (κ3) is 3.58. The summed E-state index contributed by atoms with van der Waals surface area (Å²) in [7, 11) is -3.63. The van der Waals surface area contributed by atoms with Crippen molar-refractivity contribution in [3.8, 4) is 0 Å². The zero-order chi connectivity index (χ0) is 16.3. The first-order valence-corrected chi connectivity index (χ1v) is 8.37. The number of nitrogens with one attached hydrogen (secondary N) is 1. The Balaban J connectivity index is 2.35. The molecule has 116 valence electrons. The number of sulfone groups is 1. The zero-order valence-corrected chi connectivity index (χ0v) is 13.4. The van der Waals surface area contributed by atoms with Crippen LogP contribution in [0.15, 0.2) is 29.6 Å². The van der Waals surface area contributed by atoms with Crippen molar-refractivity contribution >= 4 is 33.2 Å². The molecule has 2 rings (SSSR count). The third-order valence-electron chi connectivity index (χ3n) is 2.73. The second-order valence-electron chi connectivity index (χ2n) is 4.37. The van der Waals surface area contributed by atoms with Gasteiger partial charge in [-0.05, 0) is 19.1 Å². The summed E-state index contributed by atoms with van der Waals surface area (Å²) in [6, 6.07) is 5.11. The first kappa shape index (κ1) is 16.3. The van der Waals surface area contributed by atoms with Crippen molar-refractivity contribution in [2.75, 3.05) is 11.1 Å². The number of hydrogen-bond donors (Lipinski definition) is 1. The van der Waals surface area contributed by atoms with Crippen molar-refractivity contribution in [1.82, 2.24) is 15.0 Å². The predicted molar refractivity (Wildman–Crippen MR) is 81.7 cm³/mol. The van der Waals surface area contributed by atoms with Crippen molar-refractivity contribution in [3.05, 3.63) is 40.8 Å². The maximum Gasteiger partial charge on any atom is 0.277 e. The maximum absolute atomic E-state index is 12.2. The highest BCUT2D eigenvalue weighted by molar-refractivity contribution is 7.91. The number of pyridine rings is 1. The number of rotatable bonds is 4. The van der Waals surface area contributed by atoms with Crippen LogP contribution in [0.2, 0.25) is 5.02 Å². The average molecular weight is 341 g/mol. The molecule has 22 heavy (non-hydrogen) atoms. The Labute approximate surface area is 132 Å². The summed E-state index contributed by atoms with van der Waals surface area (Å²) in [4.78, 5) is 23.7. The van der Waals surface area contributed by atoms with Gasteiger partial charge in [-0.1, -0.05) is 24.6 Å². The van der Waals surface area contributed by atoms with Crippen LogP contribution in [-0.2, 0) is 9.84 Å². The number of amides is 1. The molecule has 0 aliphatic carbocycles. The molecule has 0 bridgehead atoms. The van der Waals surface area contributed by atoms with Gasteiger partial charge in [0.2, 0.25) is 15.0 Å². The number of carbonyl (C=O) groups is 1. The van der Waals surface area contributed by atoms with E-state index in [1.807, 2.05) is 0 Å². The number of aryl methyl sites for hydroxylation is 1. The van der Waals surface area contributed by atoms with Gasteiger partial charge in [0.15, 0.2) is 5.69 Å². The molecule has 0 radical (unpaired) electrons. The van der Waals surface area contributed by atoms with E-state index >= 15 is 0 Å². The van der Waals surface area contributed by atoms with Crippen LogP contribution in [0.3, 0.4) is 0 Å². The Bertz CT molecular complexity index is 824. The molecule has 0 aliphatic rings. The van der Waals surface area contributed by atoms with E-state index in [4.69, 9.17) is 11.6 Å². The van der Waals surface area contributed by atoms with E-state index in [-0.39, 0.29) is 16.5 Å². The highest BCUT2D eigenvalue weighted by Gasteiger charge is 2.21. The van der Waals surface area contributed by atoms with Gasteiger partial charge in [0.1, 0.15) is 5.82 Å². The van der Waals surface area contributed by atoms with Crippen LogP contribution in [0.5, 0.6) is 0 Å². The highest BCUT2D eigenvalue weighted by Crippen LogP contribution is 2.16. The lowest BCUT2D eigenvalue weighted by Gasteiger charge is -2.07. The molecule has 0 aliphatic heterocycles. The van der Waals surface area contributed by atoms with Gasteiger partial charge in [-0.25, -0.2) is 23.4 Å². The second kappa shape index (κ2) is 6.37. The zero-order valence-electron chi connectivity index (χ0n) is 11.9. The number of anilines is 1. The van der Waals surface area contributed by atoms with Crippen molar-refractivity contribution in [2.45, 2.75) is 19.0 Å². The van der Waals surface area contributed by atoms with E-state index in [1.165, 1.54) is 6.92 Å². The van der Waals surface area contributed by atoms with Crippen LogP contribution >= 0.6 is 11.6 Å². The van der Waals surface area contributed by atoms with Gasteiger partial charge < -0.3 is 5.32 Å². The number of aromatic nitrogens is 3. The van der Waals surface area contributed by atoms with Gasteiger partial charge in [-0.15, -0.1) is 0 Å². The van der Waals surface area contributed by atoms with Crippen LogP contribution in [0.1, 0.15) is 23.1 Å². The number of hydrogen-bond acceptors (Lipinski definition) is 6. The molecule has 2 heterocycles. The molecule has 7 nitrogen and oxygen atoms in total. The quantitative estimate of drug-likeness (QED) is 0.852. The molecule has 0 saturated carbocycles. The maximum atomic E-state index is 12.2. The Morgan fingerprint density at radius 2 is 2.05 bits per heavy atom. The van der Waals surface area contributed by atoms with Crippen LogP contribution in [0.4, 0.5) is 5.82 Å². The minimum atomic E-state index is -3.63. The van der Waals surface area contributed by atoms with Gasteiger partial charge in [0.25, 0.3) is 5.91 Å². The summed E-state index contributed by atoms with van der Waals surface area (Å²) < 4.78 is 23.6. The molecule has 2 aromatic rings. The van der Waals surface area contributed by atoms with E-state index in [0.717, 1.165) is 11.9 Å². The molecule has 0 aromatic carbocycles. The summed E-state index contributed by atoms with van der Waals surface area (Å²) in [5.41, 5.74) is 0.507. The van der Waals surface area contributed by atoms with Crippen LogP contribution in [0.25, 0.3) is 0 Å². The van der Waals surface area contributed by atoms with E-state index in [0.29, 0.717) is 5.82 Å². The molecule has 9 heteroatoms. The van der Waals surface area contributed by atoms with Gasteiger partial charge >= 0.3 is 0 Å². The topological polar surface area (TPSA) is 102 Å². The van der Waals surface area contributed by atoms with E-state index in [2.05, 4.69) is 20.3 Å². The fourth-order valence-electron chi connectivity index (χ4n) is 1.58. The van der Waals surface area contributed by atoms with Gasteiger partial charge in [0.05, 0.1) is 17.0 Å². The largest absolute Gasteiger partial charge is 0.305 e. The second-order valence-corrected chi connectivity index (χ2v) is 6.95. The molecule has 2 aromatic heterocycles. The smallest absolute Gasteiger partial charge is 0.277 e. The first-order chi connectivity index (χ1) is 10.3. The molecule has 1 N–H and O–H groups in total.